The lowest BCUT2D eigenvalue weighted by atomic mass is 10.2. The van der Waals surface area contributed by atoms with Gasteiger partial charge in [0.15, 0.2) is 5.69 Å². The topological polar surface area (TPSA) is 98.2 Å². The zero-order valence-corrected chi connectivity index (χ0v) is 11.2. The smallest absolute Gasteiger partial charge is 0.338 e. The lowest BCUT2D eigenvalue weighted by Crippen LogP contribution is -2.07. The molecule has 0 saturated carbocycles. The van der Waals surface area contributed by atoms with Gasteiger partial charge >= 0.3 is 5.69 Å². The van der Waals surface area contributed by atoms with Crippen LogP contribution in [0.25, 0.3) is 17.0 Å². The van der Waals surface area contributed by atoms with Crippen LogP contribution in [0.3, 0.4) is 0 Å². The SMILES string of the molecule is CCNc1ncnc(-c2cccc3nccn23)c1[N+](=O)[O-]. The fourth-order valence-corrected chi connectivity index (χ4v) is 2.18. The summed E-state index contributed by atoms with van der Waals surface area (Å²) in [5.74, 6) is 0.213. The minimum absolute atomic E-state index is 0.138. The summed E-state index contributed by atoms with van der Waals surface area (Å²) in [4.78, 5) is 23.2. The Morgan fingerprint density at radius 1 is 1.33 bits per heavy atom. The molecule has 0 amide bonds. The standard InChI is InChI=1S/C13H12N6O2/c1-2-14-13-12(19(20)21)11(16-8-17-13)9-4-3-5-10-15-6-7-18(9)10/h3-8H,2H2,1H3,(H,14,16,17). The highest BCUT2D eigenvalue weighted by atomic mass is 16.6. The van der Waals surface area contributed by atoms with Gasteiger partial charge in [0.2, 0.25) is 5.82 Å². The molecule has 106 valence electrons. The van der Waals surface area contributed by atoms with Crippen LogP contribution in [-0.2, 0) is 0 Å². The molecule has 0 atom stereocenters. The molecule has 8 heteroatoms. The van der Waals surface area contributed by atoms with Gasteiger partial charge in [-0.15, -0.1) is 0 Å². The monoisotopic (exact) mass is 284 g/mol. The van der Waals surface area contributed by atoms with Gasteiger partial charge in [-0.05, 0) is 19.1 Å². The first-order valence-electron chi connectivity index (χ1n) is 6.38. The van der Waals surface area contributed by atoms with Crippen LogP contribution >= 0.6 is 0 Å². The fourth-order valence-electron chi connectivity index (χ4n) is 2.18. The molecule has 1 N–H and O–H groups in total. The molecule has 3 aromatic heterocycles. The van der Waals surface area contributed by atoms with Crippen LogP contribution in [0.2, 0.25) is 0 Å². The van der Waals surface area contributed by atoms with Crippen LogP contribution in [0.4, 0.5) is 11.5 Å². The highest BCUT2D eigenvalue weighted by Gasteiger charge is 2.24. The molecule has 0 aliphatic rings. The molecule has 8 nitrogen and oxygen atoms in total. The number of nitro groups is 1. The van der Waals surface area contributed by atoms with Crippen molar-refractivity contribution in [2.75, 3.05) is 11.9 Å². The van der Waals surface area contributed by atoms with Gasteiger partial charge in [-0.2, -0.15) is 0 Å². The van der Waals surface area contributed by atoms with Crippen LogP contribution in [-0.4, -0.2) is 30.8 Å². The largest absolute Gasteiger partial charge is 0.364 e. The first-order valence-corrected chi connectivity index (χ1v) is 6.38. The number of aromatic nitrogens is 4. The summed E-state index contributed by atoms with van der Waals surface area (Å²) in [6, 6.07) is 5.37. The van der Waals surface area contributed by atoms with Crippen molar-refractivity contribution in [3.63, 3.8) is 0 Å². The van der Waals surface area contributed by atoms with E-state index in [-0.39, 0.29) is 17.2 Å². The number of rotatable bonds is 4. The molecule has 21 heavy (non-hydrogen) atoms. The summed E-state index contributed by atoms with van der Waals surface area (Å²) >= 11 is 0. The van der Waals surface area contributed by atoms with Gasteiger partial charge < -0.3 is 5.32 Å². The summed E-state index contributed by atoms with van der Waals surface area (Å²) in [6.45, 7) is 2.38. The maximum Gasteiger partial charge on any atom is 0.338 e. The molecule has 0 bridgehead atoms. The second-order valence-electron chi connectivity index (χ2n) is 4.27. The van der Waals surface area contributed by atoms with E-state index < -0.39 is 4.92 Å². The normalized spacial score (nSPS) is 10.7. The molecular formula is C13H12N6O2. The number of fused-ring (bicyclic) bond motifs is 1. The van der Waals surface area contributed by atoms with Gasteiger partial charge in [-0.1, -0.05) is 6.07 Å². The Kier molecular flexibility index (Phi) is 3.19. The Hall–Kier alpha value is -3.03. The van der Waals surface area contributed by atoms with E-state index in [1.54, 1.807) is 28.9 Å². The van der Waals surface area contributed by atoms with Crippen molar-refractivity contribution < 1.29 is 4.92 Å². The maximum atomic E-state index is 11.4. The van der Waals surface area contributed by atoms with Crippen LogP contribution in [0, 0.1) is 10.1 Å². The Bertz CT molecular complexity index is 813. The third-order valence-electron chi connectivity index (χ3n) is 3.02. The van der Waals surface area contributed by atoms with Gasteiger partial charge in [-0.25, -0.2) is 15.0 Å². The zero-order valence-electron chi connectivity index (χ0n) is 11.2. The third-order valence-corrected chi connectivity index (χ3v) is 3.02. The molecule has 3 aromatic rings. The predicted octanol–water partition coefficient (Wildman–Crippen LogP) is 2.13. The van der Waals surface area contributed by atoms with E-state index in [4.69, 9.17) is 0 Å². The number of imidazole rings is 1. The van der Waals surface area contributed by atoms with E-state index in [1.165, 1.54) is 6.33 Å². The van der Waals surface area contributed by atoms with Gasteiger partial charge in [-0.3, -0.25) is 14.5 Å². The van der Waals surface area contributed by atoms with E-state index in [2.05, 4.69) is 20.3 Å². The summed E-state index contributed by atoms with van der Waals surface area (Å²) in [7, 11) is 0. The molecule has 0 radical (unpaired) electrons. The number of hydrogen-bond acceptors (Lipinski definition) is 6. The first-order chi connectivity index (χ1) is 10.2. The maximum absolute atomic E-state index is 11.4. The van der Waals surface area contributed by atoms with Crippen molar-refractivity contribution in [2.45, 2.75) is 6.92 Å². The molecule has 0 unspecified atom stereocenters. The zero-order chi connectivity index (χ0) is 14.8. The predicted molar refractivity (Wildman–Crippen MR) is 77.0 cm³/mol. The van der Waals surface area contributed by atoms with Crippen molar-refractivity contribution >= 4 is 17.2 Å². The highest BCUT2D eigenvalue weighted by molar-refractivity contribution is 5.76. The van der Waals surface area contributed by atoms with E-state index in [0.29, 0.717) is 17.9 Å². The third kappa shape index (κ3) is 2.16. The highest BCUT2D eigenvalue weighted by Crippen LogP contribution is 2.32. The van der Waals surface area contributed by atoms with Crippen LogP contribution in [0.5, 0.6) is 0 Å². The van der Waals surface area contributed by atoms with Crippen LogP contribution < -0.4 is 5.32 Å². The number of anilines is 1. The van der Waals surface area contributed by atoms with Crippen molar-refractivity contribution in [1.29, 1.82) is 0 Å². The number of hydrogen-bond donors (Lipinski definition) is 1. The van der Waals surface area contributed by atoms with E-state index in [9.17, 15) is 10.1 Å². The molecule has 0 aromatic carbocycles. The Balaban J connectivity index is 2.29. The first kappa shape index (κ1) is 13.0. The molecule has 3 heterocycles. The lowest BCUT2D eigenvalue weighted by molar-refractivity contribution is -0.383. The summed E-state index contributed by atoms with van der Waals surface area (Å²) in [5, 5.41) is 14.3. The molecule has 0 aliphatic carbocycles. The average Bonchev–Trinajstić information content (AvgIpc) is 2.95. The summed E-state index contributed by atoms with van der Waals surface area (Å²) < 4.78 is 1.76. The molecule has 3 rings (SSSR count). The quantitative estimate of drug-likeness (QED) is 0.582. The van der Waals surface area contributed by atoms with E-state index >= 15 is 0 Å². The average molecular weight is 284 g/mol. The minimum Gasteiger partial charge on any atom is -0.364 e. The van der Waals surface area contributed by atoms with Crippen molar-refractivity contribution in [3.8, 4) is 11.4 Å². The second-order valence-corrected chi connectivity index (χ2v) is 4.27. The van der Waals surface area contributed by atoms with Gasteiger partial charge in [0, 0.05) is 18.9 Å². The van der Waals surface area contributed by atoms with Crippen molar-refractivity contribution in [2.24, 2.45) is 0 Å². The molecule has 0 fully saturated rings. The molecule has 0 spiro atoms. The Morgan fingerprint density at radius 3 is 2.95 bits per heavy atom. The fraction of sp³-hybridized carbons (Fsp3) is 0.154. The number of nitrogens with zero attached hydrogens (tertiary/aromatic N) is 5. The van der Waals surface area contributed by atoms with Crippen molar-refractivity contribution in [1.82, 2.24) is 19.4 Å². The molecule has 0 aliphatic heterocycles. The molecular weight excluding hydrogens is 272 g/mol. The second kappa shape index (κ2) is 5.16. The van der Waals surface area contributed by atoms with Gasteiger partial charge in [0.1, 0.15) is 12.0 Å². The lowest BCUT2D eigenvalue weighted by Gasteiger charge is -2.08. The van der Waals surface area contributed by atoms with Gasteiger partial charge in [0.05, 0.1) is 10.6 Å². The Labute approximate surface area is 119 Å². The number of pyridine rings is 1. The Morgan fingerprint density at radius 2 is 2.19 bits per heavy atom. The van der Waals surface area contributed by atoms with Crippen LogP contribution in [0.15, 0.2) is 36.9 Å². The number of nitrogens with one attached hydrogen (secondary N) is 1. The summed E-state index contributed by atoms with van der Waals surface area (Å²) in [5.41, 5.74) is 1.42. The van der Waals surface area contributed by atoms with Crippen LogP contribution in [0.1, 0.15) is 6.92 Å². The van der Waals surface area contributed by atoms with Crippen molar-refractivity contribution in [3.05, 3.63) is 47.0 Å². The van der Waals surface area contributed by atoms with E-state index in [1.807, 2.05) is 13.0 Å². The van der Waals surface area contributed by atoms with Gasteiger partial charge in [0.25, 0.3) is 0 Å². The molecule has 0 saturated heterocycles. The van der Waals surface area contributed by atoms with E-state index in [0.717, 1.165) is 0 Å². The summed E-state index contributed by atoms with van der Waals surface area (Å²) in [6.07, 6.45) is 4.69. The minimum atomic E-state index is -0.469.